The Balaban J connectivity index is 2.18. The number of rotatable bonds is 3. The summed E-state index contributed by atoms with van der Waals surface area (Å²) < 4.78 is 43.7. The Morgan fingerprint density at radius 2 is 1.76 bits per heavy atom. The van der Waals surface area contributed by atoms with Crippen molar-refractivity contribution in [1.82, 2.24) is 0 Å². The molecule has 0 unspecified atom stereocenters. The van der Waals surface area contributed by atoms with Crippen LogP contribution >= 0.6 is 11.6 Å². The van der Waals surface area contributed by atoms with Gasteiger partial charge in [0.25, 0.3) is 0 Å². The second-order valence-electron chi connectivity index (χ2n) is 4.23. The summed E-state index contributed by atoms with van der Waals surface area (Å²) in [5.74, 6) is 0.0521. The lowest BCUT2D eigenvalue weighted by atomic mass is 10.1. The highest BCUT2D eigenvalue weighted by molar-refractivity contribution is 6.30. The largest absolute Gasteiger partial charge is 0.489 e. The van der Waals surface area contributed by atoms with Crippen molar-refractivity contribution in [3.05, 3.63) is 64.2 Å². The molecule has 2 nitrogen and oxygen atoms in total. The van der Waals surface area contributed by atoms with E-state index in [9.17, 15) is 13.2 Å². The van der Waals surface area contributed by atoms with Gasteiger partial charge in [0.05, 0.1) is 17.2 Å². The summed E-state index contributed by atoms with van der Waals surface area (Å²) in [6, 6.07) is 11.6. The van der Waals surface area contributed by atoms with E-state index in [0.717, 1.165) is 17.7 Å². The summed E-state index contributed by atoms with van der Waals surface area (Å²) in [4.78, 5) is 0. The standard InChI is InChI=1S/C15H9ClF3NO/c16-12-4-1-10(2-5-12)9-21-13-6-3-11(8-20)14(7-13)15(17,18)19/h1-7H,9H2. The maximum Gasteiger partial charge on any atom is 0.417 e. The van der Waals surface area contributed by atoms with Gasteiger partial charge in [-0.05, 0) is 35.9 Å². The molecule has 0 aliphatic rings. The van der Waals surface area contributed by atoms with Crippen LogP contribution in [-0.2, 0) is 12.8 Å². The Bertz CT molecular complexity index is 675. The number of hydrogen-bond donors (Lipinski definition) is 0. The first-order valence-corrected chi connectivity index (χ1v) is 6.26. The molecule has 2 aromatic carbocycles. The smallest absolute Gasteiger partial charge is 0.417 e. The number of benzene rings is 2. The summed E-state index contributed by atoms with van der Waals surface area (Å²) in [6.45, 7) is 0.111. The molecule has 0 fully saturated rings. The van der Waals surface area contributed by atoms with E-state index in [1.54, 1.807) is 24.3 Å². The first kappa shape index (κ1) is 15.2. The molecule has 0 N–H and O–H groups in total. The van der Waals surface area contributed by atoms with Crippen molar-refractivity contribution >= 4 is 11.6 Å². The van der Waals surface area contributed by atoms with Gasteiger partial charge in [-0.15, -0.1) is 0 Å². The zero-order chi connectivity index (χ0) is 15.5. The SMILES string of the molecule is N#Cc1ccc(OCc2ccc(Cl)cc2)cc1C(F)(F)F. The highest BCUT2D eigenvalue weighted by atomic mass is 35.5. The van der Waals surface area contributed by atoms with E-state index >= 15 is 0 Å². The Kier molecular flexibility index (Phi) is 4.39. The van der Waals surface area contributed by atoms with Gasteiger partial charge in [-0.3, -0.25) is 0 Å². The van der Waals surface area contributed by atoms with Crippen LogP contribution in [0.3, 0.4) is 0 Å². The van der Waals surface area contributed by atoms with Gasteiger partial charge in [-0.2, -0.15) is 18.4 Å². The van der Waals surface area contributed by atoms with Crippen molar-refractivity contribution < 1.29 is 17.9 Å². The number of ether oxygens (including phenoxy) is 1. The molecule has 0 aliphatic heterocycles. The molecule has 108 valence electrons. The van der Waals surface area contributed by atoms with E-state index in [1.807, 2.05) is 0 Å². The van der Waals surface area contributed by atoms with E-state index in [0.29, 0.717) is 5.02 Å². The molecule has 0 radical (unpaired) electrons. The molecule has 0 atom stereocenters. The van der Waals surface area contributed by atoms with Crippen molar-refractivity contribution in [2.45, 2.75) is 12.8 Å². The van der Waals surface area contributed by atoms with Crippen LogP contribution in [0.4, 0.5) is 13.2 Å². The van der Waals surface area contributed by atoms with E-state index < -0.39 is 17.3 Å². The molecule has 21 heavy (non-hydrogen) atoms. The van der Waals surface area contributed by atoms with Crippen LogP contribution in [0.2, 0.25) is 5.02 Å². The minimum Gasteiger partial charge on any atom is -0.489 e. The minimum absolute atomic E-state index is 0.0521. The van der Waals surface area contributed by atoms with E-state index in [2.05, 4.69) is 0 Å². The fourth-order valence-electron chi connectivity index (χ4n) is 1.69. The maximum atomic E-state index is 12.8. The molecule has 0 saturated carbocycles. The molecule has 0 aliphatic carbocycles. The Labute approximate surface area is 124 Å². The average molecular weight is 312 g/mol. The van der Waals surface area contributed by atoms with Gasteiger partial charge in [-0.1, -0.05) is 23.7 Å². The van der Waals surface area contributed by atoms with Gasteiger partial charge in [0, 0.05) is 5.02 Å². The Morgan fingerprint density at radius 3 is 2.33 bits per heavy atom. The minimum atomic E-state index is -4.59. The third-order valence-corrected chi connectivity index (χ3v) is 2.99. The fraction of sp³-hybridized carbons (Fsp3) is 0.133. The molecule has 0 saturated heterocycles. The first-order valence-electron chi connectivity index (χ1n) is 5.89. The monoisotopic (exact) mass is 311 g/mol. The molecule has 0 heterocycles. The zero-order valence-corrected chi connectivity index (χ0v) is 11.4. The summed E-state index contributed by atoms with van der Waals surface area (Å²) in [6.07, 6.45) is -4.59. The van der Waals surface area contributed by atoms with Crippen molar-refractivity contribution in [2.75, 3.05) is 0 Å². The van der Waals surface area contributed by atoms with Crippen molar-refractivity contribution in [2.24, 2.45) is 0 Å². The van der Waals surface area contributed by atoms with Crippen LogP contribution in [0, 0.1) is 11.3 Å². The molecule has 0 aromatic heterocycles. The first-order chi connectivity index (χ1) is 9.90. The lowest BCUT2D eigenvalue weighted by molar-refractivity contribution is -0.137. The second kappa shape index (κ2) is 6.06. The third kappa shape index (κ3) is 3.89. The molecule has 6 heteroatoms. The lowest BCUT2D eigenvalue weighted by Gasteiger charge is -2.12. The second-order valence-corrected chi connectivity index (χ2v) is 4.67. The topological polar surface area (TPSA) is 33.0 Å². The molecular formula is C15H9ClF3NO. The van der Waals surface area contributed by atoms with Crippen LogP contribution in [0.5, 0.6) is 5.75 Å². The number of alkyl halides is 3. The molecule has 0 amide bonds. The van der Waals surface area contributed by atoms with Crippen molar-refractivity contribution in [1.29, 1.82) is 5.26 Å². The molecule has 0 spiro atoms. The van der Waals surface area contributed by atoms with Crippen LogP contribution in [0.1, 0.15) is 16.7 Å². The van der Waals surface area contributed by atoms with Gasteiger partial charge in [0.1, 0.15) is 12.4 Å². The molecular weight excluding hydrogens is 303 g/mol. The van der Waals surface area contributed by atoms with Crippen LogP contribution < -0.4 is 4.74 Å². The fourth-order valence-corrected chi connectivity index (χ4v) is 1.82. The highest BCUT2D eigenvalue weighted by Crippen LogP contribution is 2.34. The quantitative estimate of drug-likeness (QED) is 0.815. The maximum absolute atomic E-state index is 12.8. The molecule has 0 bridgehead atoms. The Hall–Kier alpha value is -2.19. The average Bonchev–Trinajstić information content (AvgIpc) is 2.45. The van der Waals surface area contributed by atoms with E-state index in [-0.39, 0.29) is 12.4 Å². The molecule has 2 rings (SSSR count). The summed E-state index contributed by atoms with van der Waals surface area (Å²) >= 11 is 5.74. The van der Waals surface area contributed by atoms with E-state index in [1.165, 1.54) is 12.1 Å². The van der Waals surface area contributed by atoms with Gasteiger partial charge in [-0.25, -0.2) is 0 Å². The number of halogens is 4. The van der Waals surface area contributed by atoms with E-state index in [4.69, 9.17) is 21.6 Å². The van der Waals surface area contributed by atoms with Crippen molar-refractivity contribution in [3.63, 3.8) is 0 Å². The number of hydrogen-bond acceptors (Lipinski definition) is 2. The highest BCUT2D eigenvalue weighted by Gasteiger charge is 2.34. The predicted octanol–water partition coefficient (Wildman–Crippen LogP) is 4.81. The summed E-state index contributed by atoms with van der Waals surface area (Å²) in [7, 11) is 0. The lowest BCUT2D eigenvalue weighted by Crippen LogP contribution is -2.08. The van der Waals surface area contributed by atoms with Gasteiger partial charge in [0.2, 0.25) is 0 Å². The normalized spacial score (nSPS) is 11.0. The summed E-state index contributed by atoms with van der Waals surface area (Å²) in [5.41, 5.74) is -0.655. The van der Waals surface area contributed by atoms with Crippen LogP contribution in [0.15, 0.2) is 42.5 Å². The third-order valence-electron chi connectivity index (χ3n) is 2.74. The summed E-state index contributed by atoms with van der Waals surface area (Å²) in [5, 5.41) is 9.27. The van der Waals surface area contributed by atoms with Gasteiger partial charge in [0.15, 0.2) is 0 Å². The van der Waals surface area contributed by atoms with Crippen LogP contribution in [0.25, 0.3) is 0 Å². The Morgan fingerprint density at radius 1 is 1.10 bits per heavy atom. The van der Waals surface area contributed by atoms with Crippen LogP contribution in [-0.4, -0.2) is 0 Å². The predicted molar refractivity (Wildman–Crippen MR) is 71.9 cm³/mol. The molecule has 2 aromatic rings. The van der Waals surface area contributed by atoms with Gasteiger partial charge >= 0.3 is 6.18 Å². The number of nitriles is 1. The van der Waals surface area contributed by atoms with Crippen molar-refractivity contribution in [3.8, 4) is 11.8 Å². The number of nitrogens with zero attached hydrogens (tertiary/aromatic N) is 1. The van der Waals surface area contributed by atoms with Gasteiger partial charge < -0.3 is 4.74 Å². The zero-order valence-electron chi connectivity index (χ0n) is 10.6.